The van der Waals surface area contributed by atoms with Crippen molar-refractivity contribution >= 4 is 40.6 Å². The largest absolute Gasteiger partial charge is 0.378 e. The van der Waals surface area contributed by atoms with E-state index in [-0.39, 0.29) is 24.2 Å². The first-order valence-electron chi connectivity index (χ1n) is 12.2. The number of carbonyl (C=O) groups is 2. The fraction of sp³-hybridized carbons (Fsp3) is 0.333. The molecule has 5 rings (SSSR count). The lowest BCUT2D eigenvalue weighted by atomic mass is 10.1. The number of hydrogen-bond donors (Lipinski definition) is 2. The first-order valence-corrected chi connectivity index (χ1v) is 12.2. The molecule has 9 heteroatoms. The molecule has 2 fully saturated rings. The summed E-state index contributed by atoms with van der Waals surface area (Å²) in [6, 6.07) is 17.1. The second-order valence-electron chi connectivity index (χ2n) is 9.23. The van der Waals surface area contributed by atoms with Gasteiger partial charge in [-0.3, -0.25) is 9.59 Å². The zero-order valence-electron chi connectivity index (χ0n) is 20.5. The summed E-state index contributed by atoms with van der Waals surface area (Å²) in [5.41, 5.74) is 4.36. The topological polar surface area (TPSA) is 99.7 Å². The van der Waals surface area contributed by atoms with E-state index in [1.807, 2.05) is 68.4 Å². The summed E-state index contributed by atoms with van der Waals surface area (Å²) in [6.45, 7) is 7.22. The summed E-state index contributed by atoms with van der Waals surface area (Å²) in [5.74, 6) is 0.825. The first kappa shape index (κ1) is 23.7. The van der Waals surface area contributed by atoms with Crippen molar-refractivity contribution in [3.05, 3.63) is 65.9 Å². The average Bonchev–Trinajstić information content (AvgIpc) is 3.27. The van der Waals surface area contributed by atoms with Gasteiger partial charge >= 0.3 is 0 Å². The van der Waals surface area contributed by atoms with Crippen LogP contribution >= 0.6 is 0 Å². The van der Waals surface area contributed by atoms with Gasteiger partial charge in [0.05, 0.1) is 19.1 Å². The highest BCUT2D eigenvalue weighted by molar-refractivity contribution is 6.03. The molecule has 2 amide bonds. The van der Waals surface area contributed by atoms with Crippen molar-refractivity contribution in [2.24, 2.45) is 5.92 Å². The zero-order valence-corrected chi connectivity index (χ0v) is 20.5. The molecule has 2 aliphatic rings. The molecule has 186 valence electrons. The number of nitrogens with zero attached hydrogens (tertiary/aromatic N) is 4. The number of ether oxygens (including phenoxy) is 1. The number of hydrogen-bond acceptors (Lipinski definition) is 7. The van der Waals surface area contributed by atoms with Crippen LogP contribution in [0.2, 0.25) is 0 Å². The second-order valence-corrected chi connectivity index (χ2v) is 9.23. The van der Waals surface area contributed by atoms with Gasteiger partial charge in [-0.2, -0.15) is 4.98 Å². The smallest absolute Gasteiger partial charge is 0.229 e. The van der Waals surface area contributed by atoms with E-state index in [4.69, 9.17) is 4.74 Å². The fourth-order valence-corrected chi connectivity index (χ4v) is 4.41. The SMILES string of the molecule is Cc1ccc(N2CC(C(=O)Nc3ccc(Nc4cc(C)nc(N5CCOCC5)n4)cc3)CC2=O)cc1. The Morgan fingerprint density at radius 3 is 2.39 bits per heavy atom. The highest BCUT2D eigenvalue weighted by atomic mass is 16.5. The second kappa shape index (κ2) is 10.3. The molecule has 9 nitrogen and oxygen atoms in total. The third-order valence-electron chi connectivity index (χ3n) is 6.40. The molecule has 36 heavy (non-hydrogen) atoms. The minimum atomic E-state index is -0.390. The van der Waals surface area contributed by atoms with Gasteiger partial charge in [0.2, 0.25) is 17.8 Å². The lowest BCUT2D eigenvalue weighted by Crippen LogP contribution is -2.37. The monoisotopic (exact) mass is 486 g/mol. The molecule has 0 bridgehead atoms. The van der Waals surface area contributed by atoms with Crippen molar-refractivity contribution in [3.8, 4) is 0 Å². The predicted octanol–water partition coefficient (Wildman–Crippen LogP) is 3.67. The molecule has 1 atom stereocenters. The van der Waals surface area contributed by atoms with E-state index in [9.17, 15) is 9.59 Å². The van der Waals surface area contributed by atoms with Gasteiger partial charge in [0.1, 0.15) is 5.82 Å². The van der Waals surface area contributed by atoms with Crippen molar-refractivity contribution in [2.45, 2.75) is 20.3 Å². The zero-order chi connectivity index (χ0) is 25.1. The number of nitrogens with one attached hydrogen (secondary N) is 2. The van der Waals surface area contributed by atoms with Crippen molar-refractivity contribution in [2.75, 3.05) is 53.3 Å². The minimum Gasteiger partial charge on any atom is -0.378 e. The van der Waals surface area contributed by atoms with Gasteiger partial charge in [-0.15, -0.1) is 0 Å². The van der Waals surface area contributed by atoms with Gasteiger partial charge < -0.3 is 25.2 Å². The summed E-state index contributed by atoms with van der Waals surface area (Å²) in [6.07, 6.45) is 0.206. The van der Waals surface area contributed by atoms with Gasteiger partial charge in [-0.1, -0.05) is 17.7 Å². The lowest BCUT2D eigenvalue weighted by Gasteiger charge is -2.27. The van der Waals surface area contributed by atoms with Gasteiger partial charge in [0, 0.05) is 54.9 Å². The highest BCUT2D eigenvalue weighted by Crippen LogP contribution is 2.27. The number of rotatable bonds is 6. The Hall–Kier alpha value is -3.98. The number of aryl methyl sites for hydroxylation is 2. The van der Waals surface area contributed by atoms with E-state index in [2.05, 4.69) is 25.5 Å². The van der Waals surface area contributed by atoms with Crippen LogP contribution in [-0.2, 0) is 14.3 Å². The molecule has 3 heterocycles. The van der Waals surface area contributed by atoms with Crippen LogP contribution in [0.5, 0.6) is 0 Å². The number of carbonyl (C=O) groups excluding carboxylic acids is 2. The van der Waals surface area contributed by atoms with Crippen molar-refractivity contribution in [1.82, 2.24) is 9.97 Å². The summed E-state index contributed by atoms with van der Waals surface area (Å²) >= 11 is 0. The summed E-state index contributed by atoms with van der Waals surface area (Å²) < 4.78 is 5.42. The Labute approximate surface area is 210 Å². The molecular formula is C27H30N6O3. The van der Waals surface area contributed by atoms with Crippen LogP contribution in [0.1, 0.15) is 17.7 Å². The third kappa shape index (κ3) is 5.46. The summed E-state index contributed by atoms with van der Waals surface area (Å²) in [4.78, 5) is 38.4. The average molecular weight is 487 g/mol. The number of amides is 2. The fourth-order valence-electron chi connectivity index (χ4n) is 4.41. The standard InChI is InChI=1S/C27H30N6O3/c1-18-3-9-23(10-4-18)33-17-20(16-25(33)34)26(35)30-22-7-5-21(6-8-22)29-24-15-19(2)28-27(31-24)32-11-13-36-14-12-32/h3-10,15,20H,11-14,16-17H2,1-2H3,(H,30,35)(H,28,29,31). The molecule has 2 aromatic carbocycles. The maximum Gasteiger partial charge on any atom is 0.229 e. The molecule has 2 N–H and O–H groups in total. The lowest BCUT2D eigenvalue weighted by molar-refractivity contribution is -0.122. The Kier molecular flexibility index (Phi) is 6.81. The quantitative estimate of drug-likeness (QED) is 0.548. The first-order chi connectivity index (χ1) is 17.4. The predicted molar refractivity (Wildman–Crippen MR) is 140 cm³/mol. The van der Waals surface area contributed by atoms with Crippen LogP contribution in [0.3, 0.4) is 0 Å². The van der Waals surface area contributed by atoms with Crippen LogP contribution in [0, 0.1) is 19.8 Å². The molecule has 0 spiro atoms. The van der Waals surface area contributed by atoms with Gasteiger partial charge in [0.25, 0.3) is 0 Å². The molecule has 2 aliphatic heterocycles. The molecule has 2 saturated heterocycles. The van der Waals surface area contributed by atoms with Crippen molar-refractivity contribution in [3.63, 3.8) is 0 Å². The number of benzene rings is 2. The molecule has 0 saturated carbocycles. The van der Waals surface area contributed by atoms with E-state index in [1.165, 1.54) is 0 Å². The van der Waals surface area contributed by atoms with E-state index in [0.717, 1.165) is 35.7 Å². The Morgan fingerprint density at radius 2 is 1.67 bits per heavy atom. The molecule has 0 aliphatic carbocycles. The van der Waals surface area contributed by atoms with Crippen LogP contribution in [0.25, 0.3) is 0 Å². The van der Waals surface area contributed by atoms with E-state index in [1.54, 1.807) is 4.90 Å². The van der Waals surface area contributed by atoms with Gasteiger partial charge in [0.15, 0.2) is 0 Å². The molecule has 3 aromatic rings. The van der Waals surface area contributed by atoms with Crippen LogP contribution < -0.4 is 20.4 Å². The van der Waals surface area contributed by atoms with Gasteiger partial charge in [-0.25, -0.2) is 4.98 Å². The maximum absolute atomic E-state index is 12.9. The Morgan fingerprint density at radius 1 is 0.972 bits per heavy atom. The minimum absolute atomic E-state index is 0.0323. The summed E-state index contributed by atoms with van der Waals surface area (Å²) in [7, 11) is 0. The number of morpholine rings is 1. The van der Waals surface area contributed by atoms with E-state index in [0.29, 0.717) is 37.2 Å². The number of anilines is 5. The molecule has 0 radical (unpaired) electrons. The Balaban J connectivity index is 1.20. The highest BCUT2D eigenvalue weighted by Gasteiger charge is 2.35. The van der Waals surface area contributed by atoms with E-state index < -0.39 is 0 Å². The Bertz CT molecular complexity index is 1240. The van der Waals surface area contributed by atoms with E-state index >= 15 is 0 Å². The maximum atomic E-state index is 12.9. The van der Waals surface area contributed by atoms with Crippen LogP contribution in [-0.4, -0.2) is 54.6 Å². The van der Waals surface area contributed by atoms with Crippen LogP contribution in [0.4, 0.5) is 28.8 Å². The van der Waals surface area contributed by atoms with Crippen molar-refractivity contribution in [1.29, 1.82) is 0 Å². The number of aromatic nitrogens is 2. The third-order valence-corrected chi connectivity index (χ3v) is 6.40. The van der Waals surface area contributed by atoms with Crippen LogP contribution in [0.15, 0.2) is 54.6 Å². The van der Waals surface area contributed by atoms with Crippen molar-refractivity contribution < 1.29 is 14.3 Å². The molecule has 1 unspecified atom stereocenters. The molecular weight excluding hydrogens is 456 g/mol. The summed E-state index contributed by atoms with van der Waals surface area (Å²) in [5, 5.41) is 6.27. The molecule has 1 aromatic heterocycles. The normalized spacial score (nSPS) is 17.8. The van der Waals surface area contributed by atoms with Gasteiger partial charge in [-0.05, 0) is 50.2 Å².